The van der Waals surface area contributed by atoms with Gasteiger partial charge in [-0.15, -0.1) is 33.2 Å². The van der Waals surface area contributed by atoms with E-state index < -0.39 is 23.5 Å². The predicted octanol–water partition coefficient (Wildman–Crippen LogP) is 4.30. The van der Waals surface area contributed by atoms with Crippen LogP contribution in [0, 0.1) is 17.5 Å². The minimum atomic E-state index is -2.86. The highest BCUT2D eigenvalue weighted by molar-refractivity contribution is 7.64. The quantitative estimate of drug-likeness (QED) is 0.443. The van der Waals surface area contributed by atoms with Crippen LogP contribution in [0.25, 0.3) is 0 Å². The summed E-state index contributed by atoms with van der Waals surface area (Å²) < 4.78 is 38.4. The lowest BCUT2D eigenvalue weighted by Crippen LogP contribution is -2.11. The van der Waals surface area contributed by atoms with E-state index in [1.807, 2.05) is 0 Å². The summed E-state index contributed by atoms with van der Waals surface area (Å²) in [7, 11) is 0. The first-order valence-electron chi connectivity index (χ1n) is 4.00. The Balaban J connectivity index is 2.83. The molecule has 0 saturated heterocycles. The third-order valence-corrected chi connectivity index (χ3v) is 4.31. The van der Waals surface area contributed by atoms with Crippen LogP contribution in [-0.4, -0.2) is 6.00 Å². The van der Waals surface area contributed by atoms with E-state index in [9.17, 15) is 13.2 Å². The van der Waals surface area contributed by atoms with Crippen LogP contribution in [0.4, 0.5) is 13.2 Å². The van der Waals surface area contributed by atoms with Crippen molar-refractivity contribution in [3.63, 3.8) is 0 Å². The number of hydrogen-bond acceptors (Lipinski definition) is 0. The van der Waals surface area contributed by atoms with Crippen LogP contribution < -0.4 is 0 Å². The SMILES string of the molecule is Fc1ccc(CC[Si](Cl)(Cl)Cl)c(F)c1F. The van der Waals surface area contributed by atoms with Gasteiger partial charge in [-0.05, 0) is 24.1 Å². The molecule has 0 bridgehead atoms. The molecule has 0 aliphatic heterocycles. The molecule has 0 heterocycles. The zero-order valence-electron chi connectivity index (χ0n) is 7.34. The third-order valence-electron chi connectivity index (χ3n) is 1.79. The molecule has 0 aromatic heterocycles. The second-order valence-corrected chi connectivity index (χ2v) is 12.2. The van der Waals surface area contributed by atoms with Gasteiger partial charge in [0.25, 0.3) is 0 Å². The van der Waals surface area contributed by atoms with Gasteiger partial charge >= 0.3 is 6.00 Å². The molecule has 0 saturated carbocycles. The van der Waals surface area contributed by atoms with E-state index in [0.717, 1.165) is 12.1 Å². The van der Waals surface area contributed by atoms with Crippen LogP contribution in [0.1, 0.15) is 5.56 Å². The molecule has 0 amide bonds. The number of aryl methyl sites for hydroxylation is 1. The highest BCUT2D eigenvalue weighted by Gasteiger charge is 2.25. The van der Waals surface area contributed by atoms with Crippen molar-refractivity contribution in [3.8, 4) is 0 Å². The normalized spacial score (nSPS) is 11.9. The fourth-order valence-electron chi connectivity index (χ4n) is 1.04. The average Bonchev–Trinajstić information content (AvgIpc) is 2.12. The van der Waals surface area contributed by atoms with Crippen molar-refractivity contribution in [2.24, 2.45) is 0 Å². The summed E-state index contributed by atoms with van der Waals surface area (Å²) in [6.07, 6.45) is 0.0890. The molecule has 0 N–H and O–H groups in total. The summed E-state index contributed by atoms with van der Waals surface area (Å²) in [6, 6.07) is -0.688. The number of hydrogen-bond donors (Lipinski definition) is 0. The van der Waals surface area contributed by atoms with Gasteiger partial charge in [-0.2, -0.15) is 0 Å². The fourth-order valence-corrected chi connectivity index (χ4v) is 2.44. The molecular formula is C8H6Cl3F3Si. The van der Waals surface area contributed by atoms with Crippen LogP contribution in [0.5, 0.6) is 0 Å². The van der Waals surface area contributed by atoms with Crippen molar-refractivity contribution in [1.82, 2.24) is 0 Å². The maximum absolute atomic E-state index is 13.1. The van der Waals surface area contributed by atoms with Crippen molar-refractivity contribution >= 4 is 39.2 Å². The van der Waals surface area contributed by atoms with Gasteiger partial charge in [-0.25, -0.2) is 13.2 Å². The van der Waals surface area contributed by atoms with E-state index >= 15 is 0 Å². The highest BCUT2D eigenvalue weighted by atomic mass is 35.8. The van der Waals surface area contributed by atoms with Gasteiger partial charge in [0.15, 0.2) is 17.5 Å². The van der Waals surface area contributed by atoms with E-state index in [-0.39, 0.29) is 18.0 Å². The van der Waals surface area contributed by atoms with E-state index in [0.29, 0.717) is 0 Å². The second kappa shape index (κ2) is 4.95. The lowest BCUT2D eigenvalue weighted by Gasteiger charge is -2.08. The third kappa shape index (κ3) is 3.87. The molecule has 0 unspecified atom stereocenters. The summed E-state index contributed by atoms with van der Waals surface area (Å²) in [5, 5.41) is 0. The Hall–Kier alpha value is 0.0969. The van der Waals surface area contributed by atoms with Crippen molar-refractivity contribution in [2.45, 2.75) is 12.5 Å². The van der Waals surface area contributed by atoms with Crippen LogP contribution in [-0.2, 0) is 6.42 Å². The summed E-state index contributed by atoms with van der Waals surface area (Å²) >= 11 is 16.8. The number of rotatable bonds is 3. The Kier molecular flexibility index (Phi) is 4.35. The number of halogens is 6. The molecule has 84 valence electrons. The summed E-state index contributed by atoms with van der Waals surface area (Å²) in [5.41, 5.74) is 0.0210. The highest BCUT2D eigenvalue weighted by Crippen LogP contribution is 2.28. The Morgan fingerprint density at radius 2 is 1.60 bits per heavy atom. The smallest absolute Gasteiger partial charge is 0.204 e. The largest absolute Gasteiger partial charge is 0.341 e. The molecule has 0 nitrogen and oxygen atoms in total. The maximum Gasteiger partial charge on any atom is 0.341 e. The van der Waals surface area contributed by atoms with Crippen molar-refractivity contribution in [2.75, 3.05) is 0 Å². The maximum atomic E-state index is 13.1. The van der Waals surface area contributed by atoms with Crippen LogP contribution in [0.3, 0.4) is 0 Å². The monoisotopic (exact) mass is 292 g/mol. The second-order valence-electron chi connectivity index (χ2n) is 2.95. The van der Waals surface area contributed by atoms with Gasteiger partial charge in [0, 0.05) is 0 Å². The van der Waals surface area contributed by atoms with Crippen LogP contribution in [0.2, 0.25) is 6.04 Å². The molecule has 0 spiro atoms. The van der Waals surface area contributed by atoms with Gasteiger partial charge in [-0.1, -0.05) is 6.07 Å². The van der Waals surface area contributed by atoms with E-state index in [1.165, 1.54) is 0 Å². The fraction of sp³-hybridized carbons (Fsp3) is 0.250. The first-order chi connectivity index (χ1) is 6.81. The minimum absolute atomic E-state index is 0.0210. The van der Waals surface area contributed by atoms with Crippen LogP contribution >= 0.6 is 33.2 Å². The Morgan fingerprint density at radius 1 is 1.00 bits per heavy atom. The molecule has 0 radical (unpaired) electrons. The molecule has 15 heavy (non-hydrogen) atoms. The molecule has 1 aromatic carbocycles. The standard InChI is InChI=1S/C8H6Cl3F3Si/c9-15(10,11)4-3-5-1-2-6(12)8(14)7(5)13/h1-2H,3-4H2. The Labute approximate surface area is 100 Å². The van der Waals surface area contributed by atoms with E-state index in [2.05, 4.69) is 0 Å². The summed E-state index contributed by atoms with van der Waals surface area (Å²) in [4.78, 5) is 0. The molecule has 0 atom stereocenters. The Morgan fingerprint density at radius 3 is 2.13 bits per heavy atom. The predicted molar refractivity (Wildman–Crippen MR) is 58.1 cm³/mol. The summed E-state index contributed by atoms with van der Waals surface area (Å²) in [6.45, 7) is 0. The Bertz CT molecular complexity index is 365. The minimum Gasteiger partial charge on any atom is -0.204 e. The molecular weight excluding hydrogens is 288 g/mol. The lowest BCUT2D eigenvalue weighted by atomic mass is 10.1. The first kappa shape index (κ1) is 13.2. The zero-order valence-corrected chi connectivity index (χ0v) is 10.6. The van der Waals surface area contributed by atoms with E-state index in [1.54, 1.807) is 0 Å². The lowest BCUT2D eigenvalue weighted by molar-refractivity contribution is 0.441. The van der Waals surface area contributed by atoms with Crippen molar-refractivity contribution in [1.29, 1.82) is 0 Å². The molecule has 7 heteroatoms. The first-order valence-corrected chi connectivity index (χ1v) is 9.24. The van der Waals surface area contributed by atoms with E-state index in [4.69, 9.17) is 33.2 Å². The van der Waals surface area contributed by atoms with Gasteiger partial charge in [0.2, 0.25) is 0 Å². The van der Waals surface area contributed by atoms with Crippen molar-refractivity contribution in [3.05, 3.63) is 35.1 Å². The zero-order chi connectivity index (χ0) is 11.6. The van der Waals surface area contributed by atoms with Gasteiger partial charge in [-0.3, -0.25) is 0 Å². The van der Waals surface area contributed by atoms with Gasteiger partial charge in [0.05, 0.1) is 0 Å². The van der Waals surface area contributed by atoms with Gasteiger partial charge < -0.3 is 0 Å². The van der Waals surface area contributed by atoms with Gasteiger partial charge in [0.1, 0.15) is 0 Å². The average molecular weight is 294 g/mol. The van der Waals surface area contributed by atoms with Crippen molar-refractivity contribution < 1.29 is 13.2 Å². The molecule has 0 fully saturated rings. The molecule has 0 aliphatic carbocycles. The summed E-state index contributed by atoms with van der Waals surface area (Å²) in [5.74, 6) is -3.92. The number of benzene rings is 1. The molecule has 0 aliphatic rings. The molecule has 1 rings (SSSR count). The van der Waals surface area contributed by atoms with Crippen LogP contribution in [0.15, 0.2) is 12.1 Å². The topological polar surface area (TPSA) is 0 Å². The molecule has 1 aromatic rings.